The summed E-state index contributed by atoms with van der Waals surface area (Å²) in [6.45, 7) is 6.75. The summed E-state index contributed by atoms with van der Waals surface area (Å²) in [6, 6.07) is 4.28. The summed E-state index contributed by atoms with van der Waals surface area (Å²) in [5, 5.41) is 14.1. The minimum absolute atomic E-state index is 0.326. The third-order valence-electron chi connectivity index (χ3n) is 5.38. The number of piperidine rings is 1. The van der Waals surface area contributed by atoms with Gasteiger partial charge in [0.25, 0.3) is 0 Å². The van der Waals surface area contributed by atoms with Crippen molar-refractivity contribution in [1.82, 2.24) is 25.0 Å². The molecule has 0 spiro atoms. The van der Waals surface area contributed by atoms with Crippen LogP contribution in [0, 0.1) is 6.92 Å². The van der Waals surface area contributed by atoms with E-state index >= 15 is 0 Å². The van der Waals surface area contributed by atoms with E-state index in [2.05, 4.69) is 37.9 Å². The Kier molecular flexibility index (Phi) is 9.10. The van der Waals surface area contributed by atoms with Crippen molar-refractivity contribution < 1.29 is 9.47 Å². The Bertz CT molecular complexity index is 769. The number of hydrogen-bond acceptors (Lipinski definition) is 6. The molecule has 0 bridgehead atoms. The maximum absolute atomic E-state index is 6.00. The van der Waals surface area contributed by atoms with Gasteiger partial charge in [-0.3, -0.25) is 0 Å². The monoisotopic (exact) mass is 434 g/mol. The van der Waals surface area contributed by atoms with Crippen molar-refractivity contribution in [3.05, 3.63) is 34.0 Å². The van der Waals surface area contributed by atoms with E-state index in [1.54, 1.807) is 18.4 Å². The van der Waals surface area contributed by atoms with Gasteiger partial charge in [-0.25, -0.2) is 4.99 Å². The molecule has 3 heterocycles. The van der Waals surface area contributed by atoms with E-state index in [1.807, 2.05) is 18.5 Å². The molecular weight excluding hydrogens is 400 g/mol. The second-order valence-electron chi connectivity index (χ2n) is 7.52. The van der Waals surface area contributed by atoms with E-state index in [-0.39, 0.29) is 0 Å². The fourth-order valence-electron chi connectivity index (χ4n) is 3.44. The zero-order chi connectivity index (χ0) is 21.2. The summed E-state index contributed by atoms with van der Waals surface area (Å²) in [4.78, 5) is 8.60. The Labute approximate surface area is 183 Å². The van der Waals surface area contributed by atoms with Gasteiger partial charge in [0, 0.05) is 51.9 Å². The predicted molar refractivity (Wildman–Crippen MR) is 120 cm³/mol. The first-order valence-electron chi connectivity index (χ1n) is 10.7. The summed E-state index contributed by atoms with van der Waals surface area (Å²) in [7, 11) is 3.71. The summed E-state index contributed by atoms with van der Waals surface area (Å²) in [6.07, 6.45) is 4.30. The van der Waals surface area contributed by atoms with E-state index in [9.17, 15) is 0 Å². The van der Waals surface area contributed by atoms with Crippen LogP contribution in [0.25, 0.3) is 0 Å². The van der Waals surface area contributed by atoms with Crippen molar-refractivity contribution in [2.45, 2.75) is 45.3 Å². The largest absolute Gasteiger partial charge is 0.385 e. The molecule has 1 fully saturated rings. The lowest BCUT2D eigenvalue weighted by atomic mass is 10.1. The molecular formula is C21H34N6O2S. The Morgan fingerprint density at radius 3 is 2.80 bits per heavy atom. The summed E-state index contributed by atoms with van der Waals surface area (Å²) < 4.78 is 13.1. The highest BCUT2D eigenvalue weighted by Crippen LogP contribution is 2.15. The van der Waals surface area contributed by atoms with Crippen LogP contribution in [0.3, 0.4) is 0 Å². The number of rotatable bonds is 10. The van der Waals surface area contributed by atoms with Gasteiger partial charge in [0.15, 0.2) is 11.8 Å². The van der Waals surface area contributed by atoms with Gasteiger partial charge in [0.2, 0.25) is 0 Å². The maximum atomic E-state index is 6.00. The third kappa shape index (κ3) is 6.78. The summed E-state index contributed by atoms with van der Waals surface area (Å²) in [5.41, 5.74) is 0. The molecule has 0 amide bonds. The molecule has 0 unspecified atom stereocenters. The van der Waals surface area contributed by atoms with Crippen LogP contribution in [-0.4, -0.2) is 71.7 Å². The highest BCUT2D eigenvalue weighted by molar-refractivity contribution is 7.09. The fraction of sp³-hybridized carbons (Fsp3) is 0.667. The van der Waals surface area contributed by atoms with Gasteiger partial charge in [0.1, 0.15) is 12.4 Å². The number of nitrogens with zero attached hydrogens (tertiary/aromatic N) is 5. The lowest BCUT2D eigenvalue weighted by Crippen LogP contribution is -2.47. The van der Waals surface area contributed by atoms with Crippen LogP contribution in [0.15, 0.2) is 22.5 Å². The van der Waals surface area contributed by atoms with E-state index in [0.717, 1.165) is 76.1 Å². The van der Waals surface area contributed by atoms with Gasteiger partial charge in [0.05, 0.1) is 6.10 Å². The molecule has 3 rings (SSSR count). The highest BCUT2D eigenvalue weighted by Gasteiger charge is 2.22. The molecule has 0 saturated carbocycles. The van der Waals surface area contributed by atoms with E-state index in [1.165, 1.54) is 4.88 Å². The van der Waals surface area contributed by atoms with Gasteiger partial charge in [-0.2, -0.15) is 0 Å². The minimum Gasteiger partial charge on any atom is -0.385 e. The molecule has 1 saturated heterocycles. The number of methoxy groups -OCH3 is 1. The second kappa shape index (κ2) is 12.0. The topological polar surface area (TPSA) is 76.8 Å². The van der Waals surface area contributed by atoms with Gasteiger partial charge in [-0.05, 0) is 44.1 Å². The van der Waals surface area contributed by atoms with Gasteiger partial charge < -0.3 is 24.3 Å². The number of nitrogens with one attached hydrogen (secondary N) is 1. The van der Waals surface area contributed by atoms with Crippen molar-refractivity contribution in [2.24, 2.45) is 12.0 Å². The number of thiophene rings is 1. The van der Waals surface area contributed by atoms with Crippen LogP contribution < -0.4 is 5.32 Å². The standard InChI is InChI=1S/C21H34N6O2S/c1-17-24-25-20(26(17)2)16-23-21(22-10-7-19-6-4-15-30-19)27-11-8-18(9-12-27)29-14-5-13-28-3/h4,6,15,18H,5,7-14,16H2,1-3H3,(H,22,23). The van der Waals surface area contributed by atoms with Crippen molar-refractivity contribution in [2.75, 3.05) is 40.0 Å². The number of guanidine groups is 1. The fourth-order valence-corrected chi connectivity index (χ4v) is 4.15. The molecule has 0 aliphatic carbocycles. The molecule has 2 aromatic rings. The number of aromatic nitrogens is 3. The molecule has 0 atom stereocenters. The third-order valence-corrected chi connectivity index (χ3v) is 6.31. The molecule has 2 aromatic heterocycles. The summed E-state index contributed by atoms with van der Waals surface area (Å²) >= 11 is 1.80. The van der Waals surface area contributed by atoms with Crippen LogP contribution in [0.2, 0.25) is 0 Å². The normalized spacial score (nSPS) is 15.7. The Morgan fingerprint density at radius 1 is 1.30 bits per heavy atom. The molecule has 1 aliphatic rings. The highest BCUT2D eigenvalue weighted by atomic mass is 32.1. The lowest BCUT2D eigenvalue weighted by Gasteiger charge is -2.34. The van der Waals surface area contributed by atoms with Crippen molar-refractivity contribution in [1.29, 1.82) is 0 Å². The summed E-state index contributed by atoms with van der Waals surface area (Å²) in [5.74, 6) is 2.73. The van der Waals surface area contributed by atoms with Crippen molar-refractivity contribution in [3.63, 3.8) is 0 Å². The first-order chi connectivity index (χ1) is 14.7. The van der Waals surface area contributed by atoms with Gasteiger partial charge >= 0.3 is 0 Å². The second-order valence-corrected chi connectivity index (χ2v) is 8.55. The van der Waals surface area contributed by atoms with Gasteiger partial charge in [-0.1, -0.05) is 6.07 Å². The van der Waals surface area contributed by atoms with Crippen LogP contribution in [0.1, 0.15) is 35.8 Å². The SMILES string of the molecule is COCCCOC1CCN(C(=NCc2nnc(C)n2C)NCCc2cccs2)CC1. The average Bonchev–Trinajstić information content (AvgIpc) is 3.39. The molecule has 1 N–H and O–H groups in total. The molecule has 30 heavy (non-hydrogen) atoms. The Balaban J connectivity index is 1.55. The van der Waals surface area contributed by atoms with Crippen LogP contribution >= 0.6 is 11.3 Å². The minimum atomic E-state index is 0.326. The van der Waals surface area contributed by atoms with Gasteiger partial charge in [-0.15, -0.1) is 21.5 Å². The first-order valence-corrected chi connectivity index (χ1v) is 11.6. The van der Waals surface area contributed by atoms with E-state index in [0.29, 0.717) is 12.6 Å². The molecule has 166 valence electrons. The number of aliphatic imine (C=N–C) groups is 1. The Morgan fingerprint density at radius 2 is 2.13 bits per heavy atom. The van der Waals surface area contributed by atoms with Crippen molar-refractivity contribution >= 4 is 17.3 Å². The smallest absolute Gasteiger partial charge is 0.194 e. The molecule has 0 aromatic carbocycles. The molecule has 9 heteroatoms. The van der Waals surface area contributed by atoms with Crippen LogP contribution in [0.5, 0.6) is 0 Å². The van der Waals surface area contributed by atoms with Crippen LogP contribution in [-0.2, 0) is 29.5 Å². The van der Waals surface area contributed by atoms with E-state index in [4.69, 9.17) is 14.5 Å². The Hall–Kier alpha value is -1.97. The van der Waals surface area contributed by atoms with Crippen molar-refractivity contribution in [3.8, 4) is 0 Å². The quantitative estimate of drug-likeness (QED) is 0.352. The predicted octanol–water partition coefficient (Wildman–Crippen LogP) is 2.39. The maximum Gasteiger partial charge on any atom is 0.194 e. The number of hydrogen-bond donors (Lipinski definition) is 1. The molecule has 8 nitrogen and oxygen atoms in total. The lowest BCUT2D eigenvalue weighted by molar-refractivity contribution is 0.00989. The molecule has 1 aliphatic heterocycles. The van der Waals surface area contributed by atoms with Crippen LogP contribution in [0.4, 0.5) is 0 Å². The zero-order valence-corrected chi connectivity index (χ0v) is 19.2. The number of aryl methyl sites for hydroxylation is 1. The number of ether oxygens (including phenoxy) is 2. The molecule has 0 radical (unpaired) electrons. The zero-order valence-electron chi connectivity index (χ0n) is 18.3. The van der Waals surface area contributed by atoms with E-state index < -0.39 is 0 Å². The number of likely N-dealkylation sites (tertiary alicyclic amines) is 1. The first kappa shape index (κ1) is 22.7. The average molecular weight is 435 g/mol.